The number of anilines is 1. The van der Waals surface area contributed by atoms with Gasteiger partial charge in [-0.3, -0.25) is 19.7 Å². The van der Waals surface area contributed by atoms with Crippen LogP contribution >= 0.6 is 27.7 Å². The highest BCUT2D eigenvalue weighted by molar-refractivity contribution is 9.10. The lowest BCUT2D eigenvalue weighted by Crippen LogP contribution is -2.32. The summed E-state index contributed by atoms with van der Waals surface area (Å²) in [5, 5.41) is 14.6. The molecular weight excluding hydrogens is 520 g/mol. The number of rotatable bonds is 5. The molecule has 0 saturated heterocycles. The molecule has 2 aliphatic rings. The topological polar surface area (TPSA) is 118 Å². The maximum absolute atomic E-state index is 13.3. The fourth-order valence-corrected chi connectivity index (χ4v) is 5.72. The minimum absolute atomic E-state index is 0.0301. The molecule has 0 bridgehead atoms. The van der Waals surface area contributed by atoms with E-state index in [1.165, 1.54) is 23.9 Å². The molecule has 0 fully saturated rings. The first kappa shape index (κ1) is 22.5. The molecule has 1 aromatic heterocycles. The van der Waals surface area contributed by atoms with Gasteiger partial charge in [0, 0.05) is 46.0 Å². The zero-order chi connectivity index (χ0) is 23.8. The summed E-state index contributed by atoms with van der Waals surface area (Å²) >= 11 is 4.93. The number of carbonyl (C=O) groups excluding carboxylic acids is 1. The van der Waals surface area contributed by atoms with Crippen LogP contribution in [-0.4, -0.2) is 20.7 Å². The van der Waals surface area contributed by atoms with Crippen LogP contribution in [0, 0.1) is 10.1 Å². The predicted octanol–water partition coefficient (Wildman–Crippen LogP) is 5.30. The number of hydrogen-bond acceptors (Lipinski definition) is 7. The zero-order valence-electron chi connectivity index (χ0n) is 17.8. The van der Waals surface area contributed by atoms with E-state index in [9.17, 15) is 19.7 Å². The Bertz CT molecular complexity index is 1400. The Labute approximate surface area is 207 Å². The number of nitro groups is 1. The van der Waals surface area contributed by atoms with Gasteiger partial charge in [-0.15, -0.1) is 0 Å². The molecule has 10 heteroatoms. The molecule has 2 heterocycles. The van der Waals surface area contributed by atoms with E-state index in [2.05, 4.69) is 31.2 Å². The van der Waals surface area contributed by atoms with Crippen LogP contribution in [-0.2, 0) is 10.5 Å². The monoisotopic (exact) mass is 538 g/mol. The summed E-state index contributed by atoms with van der Waals surface area (Å²) in [5.41, 5.74) is 3.36. The minimum Gasteiger partial charge on any atom is -0.343 e. The number of carbonyl (C=O) groups is 1. The summed E-state index contributed by atoms with van der Waals surface area (Å²) in [7, 11) is 0. The molecular formula is C24H19BrN4O4S. The number of H-pyrrole nitrogens is 1. The predicted molar refractivity (Wildman–Crippen MR) is 133 cm³/mol. The summed E-state index contributed by atoms with van der Waals surface area (Å²) in [5.74, 6) is 0.500. The van der Waals surface area contributed by atoms with Gasteiger partial charge in [0.25, 0.3) is 11.2 Å². The molecule has 8 nitrogen and oxygen atoms in total. The number of aromatic amines is 1. The van der Waals surface area contributed by atoms with Crippen molar-refractivity contribution < 1.29 is 9.72 Å². The van der Waals surface area contributed by atoms with E-state index in [-0.39, 0.29) is 17.0 Å². The van der Waals surface area contributed by atoms with Crippen molar-refractivity contribution in [3.05, 3.63) is 101 Å². The molecule has 5 rings (SSSR count). The average Bonchev–Trinajstić information content (AvgIpc) is 2.82. The summed E-state index contributed by atoms with van der Waals surface area (Å²) in [4.78, 5) is 44.2. The first-order valence-electron chi connectivity index (χ1n) is 10.7. The quantitative estimate of drug-likeness (QED) is 0.196. The molecule has 172 valence electrons. The van der Waals surface area contributed by atoms with Crippen LogP contribution < -0.4 is 10.9 Å². The number of Topliss-reactive ketones (excluding diaryl/α,β-unsaturated/α-hetero) is 1. The fraction of sp³-hybridized carbons (Fsp3) is 0.208. The molecule has 1 unspecified atom stereocenters. The molecule has 1 aliphatic heterocycles. The number of allylic oxidation sites excluding steroid dienone is 2. The number of benzene rings is 2. The van der Waals surface area contributed by atoms with E-state index >= 15 is 0 Å². The Morgan fingerprint density at radius 2 is 1.88 bits per heavy atom. The SMILES string of the molecule is O=C1CCCC2=C1C(c1ccccc1Br)c1c(nc(SCc3ccc([N+](=O)[O-])cc3)[nH]c1=O)N2. The molecule has 0 saturated carbocycles. The van der Waals surface area contributed by atoms with E-state index in [0.29, 0.717) is 34.3 Å². The van der Waals surface area contributed by atoms with Crippen LogP contribution in [0.15, 0.2) is 74.2 Å². The highest BCUT2D eigenvalue weighted by atomic mass is 79.9. The van der Waals surface area contributed by atoms with Crippen LogP contribution in [0.4, 0.5) is 11.5 Å². The highest BCUT2D eigenvalue weighted by Crippen LogP contribution is 2.45. The Balaban J connectivity index is 1.51. The van der Waals surface area contributed by atoms with Crippen molar-refractivity contribution in [1.29, 1.82) is 0 Å². The lowest BCUT2D eigenvalue weighted by atomic mass is 9.76. The number of halogens is 1. The second-order valence-electron chi connectivity index (χ2n) is 8.09. The zero-order valence-corrected chi connectivity index (χ0v) is 20.2. The molecule has 0 amide bonds. The van der Waals surface area contributed by atoms with Gasteiger partial charge in [-0.1, -0.05) is 58.0 Å². The van der Waals surface area contributed by atoms with Crippen LogP contribution in [0.1, 0.15) is 41.9 Å². The van der Waals surface area contributed by atoms with Crippen LogP contribution in [0.3, 0.4) is 0 Å². The van der Waals surface area contributed by atoms with Gasteiger partial charge >= 0.3 is 0 Å². The third kappa shape index (κ3) is 4.19. The molecule has 2 N–H and O–H groups in total. The number of thioether (sulfide) groups is 1. The second kappa shape index (κ2) is 9.19. The largest absolute Gasteiger partial charge is 0.343 e. The Morgan fingerprint density at radius 3 is 2.62 bits per heavy atom. The molecule has 1 aliphatic carbocycles. The Kier molecular flexibility index (Phi) is 6.09. The molecule has 0 radical (unpaired) electrons. The molecule has 3 aromatic rings. The van der Waals surface area contributed by atoms with Gasteiger partial charge in [-0.2, -0.15) is 0 Å². The lowest BCUT2D eigenvalue weighted by molar-refractivity contribution is -0.384. The Hall–Kier alpha value is -3.24. The van der Waals surface area contributed by atoms with E-state index in [1.807, 2.05) is 24.3 Å². The number of aromatic nitrogens is 2. The summed E-state index contributed by atoms with van der Waals surface area (Å²) < 4.78 is 0.828. The standard InChI is InChI=1S/C24H19BrN4O4S/c25-16-5-2-1-4-15(16)19-20-17(6-3-7-18(20)30)26-22-21(19)23(31)28-24(27-22)34-12-13-8-10-14(11-9-13)29(32)33/h1-2,4-5,8-11,19H,3,6-7,12H2,(H2,26,27,28,31). The van der Waals surface area contributed by atoms with E-state index in [0.717, 1.165) is 34.1 Å². The summed E-state index contributed by atoms with van der Waals surface area (Å²) in [6.45, 7) is 0. The van der Waals surface area contributed by atoms with Crippen molar-refractivity contribution in [3.8, 4) is 0 Å². The number of hydrogen-bond donors (Lipinski definition) is 2. The highest BCUT2D eigenvalue weighted by Gasteiger charge is 2.38. The van der Waals surface area contributed by atoms with E-state index in [1.54, 1.807) is 12.1 Å². The number of nitrogens with zero attached hydrogens (tertiary/aromatic N) is 2. The van der Waals surface area contributed by atoms with Gasteiger partial charge in [0.05, 0.1) is 10.5 Å². The van der Waals surface area contributed by atoms with Crippen molar-refractivity contribution in [2.45, 2.75) is 36.1 Å². The first-order valence-corrected chi connectivity index (χ1v) is 12.5. The smallest absolute Gasteiger partial charge is 0.269 e. The van der Waals surface area contributed by atoms with Crippen LogP contribution in [0.25, 0.3) is 0 Å². The maximum Gasteiger partial charge on any atom is 0.269 e. The number of ketones is 1. The number of nitro benzene ring substituents is 1. The number of nitrogens with one attached hydrogen (secondary N) is 2. The number of fused-ring (bicyclic) bond motifs is 1. The normalized spacial score (nSPS) is 17.1. The van der Waals surface area contributed by atoms with E-state index < -0.39 is 10.8 Å². The fourth-order valence-electron chi connectivity index (χ4n) is 4.39. The van der Waals surface area contributed by atoms with Gasteiger partial charge in [-0.25, -0.2) is 4.98 Å². The minimum atomic E-state index is -0.500. The van der Waals surface area contributed by atoms with Gasteiger partial charge in [0.1, 0.15) is 5.82 Å². The van der Waals surface area contributed by atoms with Gasteiger partial charge in [-0.05, 0) is 30.0 Å². The average molecular weight is 539 g/mol. The van der Waals surface area contributed by atoms with Gasteiger partial charge in [0.2, 0.25) is 0 Å². The van der Waals surface area contributed by atoms with Crippen molar-refractivity contribution in [2.24, 2.45) is 0 Å². The van der Waals surface area contributed by atoms with Crippen LogP contribution in [0.5, 0.6) is 0 Å². The molecule has 34 heavy (non-hydrogen) atoms. The molecule has 2 aromatic carbocycles. The van der Waals surface area contributed by atoms with Gasteiger partial charge < -0.3 is 10.3 Å². The third-order valence-corrected chi connectivity index (χ3v) is 7.64. The van der Waals surface area contributed by atoms with Gasteiger partial charge in [0.15, 0.2) is 10.9 Å². The van der Waals surface area contributed by atoms with Crippen molar-refractivity contribution in [3.63, 3.8) is 0 Å². The summed E-state index contributed by atoms with van der Waals surface area (Å²) in [6.07, 6.45) is 1.94. The van der Waals surface area contributed by atoms with Crippen molar-refractivity contribution in [1.82, 2.24) is 9.97 Å². The molecule has 0 spiro atoms. The van der Waals surface area contributed by atoms with Crippen molar-refractivity contribution >= 4 is 45.0 Å². The summed E-state index contributed by atoms with van der Waals surface area (Å²) in [6, 6.07) is 13.9. The first-order chi connectivity index (χ1) is 16.4. The van der Waals surface area contributed by atoms with Crippen molar-refractivity contribution in [2.75, 3.05) is 5.32 Å². The lowest BCUT2D eigenvalue weighted by Gasteiger charge is -2.33. The van der Waals surface area contributed by atoms with E-state index in [4.69, 9.17) is 0 Å². The number of non-ortho nitro benzene ring substituents is 1. The maximum atomic E-state index is 13.3. The van der Waals surface area contributed by atoms with Crippen LogP contribution in [0.2, 0.25) is 0 Å². The second-order valence-corrected chi connectivity index (χ2v) is 9.91. The molecule has 1 atom stereocenters. The third-order valence-electron chi connectivity index (χ3n) is 5.98. The Morgan fingerprint density at radius 1 is 1.12 bits per heavy atom.